The summed E-state index contributed by atoms with van der Waals surface area (Å²) in [5, 5.41) is 3.36. The molecule has 0 radical (unpaired) electrons. The molecule has 0 atom stereocenters. The van der Waals surface area contributed by atoms with E-state index in [1.807, 2.05) is 0 Å². The van der Waals surface area contributed by atoms with Gasteiger partial charge in [0.1, 0.15) is 0 Å². The number of benzene rings is 1. The van der Waals surface area contributed by atoms with Crippen LogP contribution in [0.5, 0.6) is 0 Å². The number of fused-ring (bicyclic) bond motifs is 1. The lowest BCUT2D eigenvalue weighted by atomic mass is 10.2. The number of hydrogen-bond donors (Lipinski definition) is 3. The number of carbonyl (C=O) groups excluding carboxylic acids is 1. The molecule has 0 saturated carbocycles. The van der Waals surface area contributed by atoms with Gasteiger partial charge in [-0.25, -0.2) is 24.9 Å². The number of nitrogens with zero attached hydrogens (tertiary/aromatic N) is 3. The quantitative estimate of drug-likeness (QED) is 0.465. The number of nitrogen functional groups attached to an aromatic ring is 1. The predicted octanol–water partition coefficient (Wildman–Crippen LogP) is 0.0174. The zero-order chi connectivity index (χ0) is 19.4. The molecule has 3 rings (SSSR count). The van der Waals surface area contributed by atoms with Crippen LogP contribution in [0.1, 0.15) is 5.69 Å². The van der Waals surface area contributed by atoms with Crippen molar-refractivity contribution < 1.29 is 18.0 Å². The molecule has 1 amide bonds. The van der Waals surface area contributed by atoms with Gasteiger partial charge in [0.25, 0.3) is 11.5 Å². The first kappa shape index (κ1) is 17.8. The Morgan fingerprint density at radius 1 is 1.08 bits per heavy atom. The minimum absolute atomic E-state index is 0.0791. The maximum atomic E-state index is 12.9. The fourth-order valence-corrected chi connectivity index (χ4v) is 2.70. The number of anilines is 2. The van der Waals surface area contributed by atoms with Crippen LogP contribution in [0.25, 0.3) is 5.69 Å². The molecule has 1 aliphatic rings. The molecule has 1 aliphatic heterocycles. The van der Waals surface area contributed by atoms with Crippen molar-refractivity contribution in [3.8, 4) is 5.69 Å². The Morgan fingerprint density at radius 2 is 1.73 bits per heavy atom. The van der Waals surface area contributed by atoms with Crippen molar-refractivity contribution >= 4 is 28.9 Å². The summed E-state index contributed by atoms with van der Waals surface area (Å²) in [5.74, 6) is 10.3. The molecule has 1 aromatic heterocycles. The molecule has 0 bridgehead atoms. The number of hydrazine groups is 1. The summed E-state index contributed by atoms with van der Waals surface area (Å²) in [7, 11) is 0. The van der Waals surface area contributed by atoms with Crippen LogP contribution in [0.3, 0.4) is 0 Å². The van der Waals surface area contributed by atoms with Gasteiger partial charge >= 0.3 is 11.9 Å². The summed E-state index contributed by atoms with van der Waals surface area (Å²) < 4.78 is 38.7. The predicted molar refractivity (Wildman–Crippen MR) is 86.6 cm³/mol. The Kier molecular flexibility index (Phi) is 3.96. The van der Waals surface area contributed by atoms with Crippen LogP contribution in [0, 0.1) is 0 Å². The van der Waals surface area contributed by atoms with Crippen molar-refractivity contribution in [2.45, 2.75) is 6.18 Å². The van der Waals surface area contributed by atoms with Gasteiger partial charge in [-0.05, 0) is 12.1 Å². The average Bonchev–Trinajstić information content (AvgIpc) is 2.54. The highest BCUT2D eigenvalue weighted by atomic mass is 35.5. The van der Waals surface area contributed by atoms with Crippen LogP contribution in [0.15, 0.2) is 27.8 Å². The van der Waals surface area contributed by atoms with Gasteiger partial charge in [0.05, 0.1) is 28.6 Å². The fourth-order valence-electron chi connectivity index (χ4n) is 2.45. The number of nitrogens with two attached hydrogens (primary N) is 2. The lowest BCUT2D eigenvalue weighted by Gasteiger charge is -2.27. The highest BCUT2D eigenvalue weighted by molar-refractivity contribution is 6.33. The molecule has 5 N–H and O–H groups in total. The summed E-state index contributed by atoms with van der Waals surface area (Å²) in [6, 6.07) is 2.57. The molecule has 2 aromatic rings. The number of hydrogen-bond acceptors (Lipinski definition) is 6. The molecule has 9 nitrogen and oxygen atoms in total. The summed E-state index contributed by atoms with van der Waals surface area (Å²) in [4.78, 5) is 36.0. The van der Waals surface area contributed by atoms with Crippen LogP contribution in [-0.4, -0.2) is 21.7 Å². The van der Waals surface area contributed by atoms with Gasteiger partial charge in [0.15, 0.2) is 5.69 Å². The molecule has 2 heterocycles. The second-order valence-electron chi connectivity index (χ2n) is 5.29. The standard InChI is InChI=1S/C13H10ClF3N6O3/c14-5-1-6-8(22(18)11(25)4-20-6)2-7(5)21-10(24)3-9(13(15,16)17)23(19)12(21)26/h1-3,20H,4,18-19H2. The van der Waals surface area contributed by atoms with E-state index < -0.39 is 29.0 Å². The molecular formula is C13H10ClF3N6O3. The Bertz CT molecular complexity index is 1050. The summed E-state index contributed by atoms with van der Waals surface area (Å²) >= 11 is 6.05. The zero-order valence-corrected chi connectivity index (χ0v) is 13.4. The Labute approximate surface area is 147 Å². The SMILES string of the molecule is NN1C(=O)CNc2cc(Cl)c(-n3c(=O)cc(C(F)(F)F)n(N)c3=O)cc21. The second-order valence-corrected chi connectivity index (χ2v) is 5.70. The third-order valence-corrected chi connectivity index (χ3v) is 4.00. The van der Waals surface area contributed by atoms with Crippen molar-refractivity contribution in [3.05, 3.63) is 49.8 Å². The van der Waals surface area contributed by atoms with Crippen LogP contribution < -0.4 is 33.3 Å². The summed E-state index contributed by atoms with van der Waals surface area (Å²) in [6.45, 7) is -0.102. The summed E-state index contributed by atoms with van der Waals surface area (Å²) in [6.07, 6.45) is -5.00. The van der Waals surface area contributed by atoms with Crippen molar-refractivity contribution in [1.82, 2.24) is 9.24 Å². The van der Waals surface area contributed by atoms with E-state index in [2.05, 4.69) is 5.32 Å². The Hall–Kier alpha value is -2.99. The molecule has 0 spiro atoms. The van der Waals surface area contributed by atoms with Gasteiger partial charge in [-0.1, -0.05) is 11.6 Å². The molecule has 13 heteroatoms. The van der Waals surface area contributed by atoms with Crippen LogP contribution in [0.2, 0.25) is 5.02 Å². The second kappa shape index (κ2) is 5.78. The maximum absolute atomic E-state index is 12.9. The van der Waals surface area contributed by atoms with Crippen molar-refractivity contribution in [3.63, 3.8) is 0 Å². The lowest BCUT2D eigenvalue weighted by Crippen LogP contribution is -2.46. The van der Waals surface area contributed by atoms with Gasteiger partial charge in [0, 0.05) is 6.07 Å². The third kappa shape index (κ3) is 2.68. The van der Waals surface area contributed by atoms with Gasteiger partial charge in [-0.15, -0.1) is 0 Å². The monoisotopic (exact) mass is 390 g/mol. The Balaban J connectivity index is 2.29. The van der Waals surface area contributed by atoms with Crippen LogP contribution >= 0.6 is 11.6 Å². The number of aromatic nitrogens is 2. The first-order chi connectivity index (χ1) is 12.0. The molecule has 0 fully saturated rings. The van der Waals surface area contributed by atoms with E-state index in [0.29, 0.717) is 10.3 Å². The number of alkyl halides is 3. The van der Waals surface area contributed by atoms with E-state index >= 15 is 0 Å². The third-order valence-electron chi connectivity index (χ3n) is 3.69. The van der Waals surface area contributed by atoms with Crippen LogP contribution in [0.4, 0.5) is 24.5 Å². The van der Waals surface area contributed by atoms with E-state index in [1.165, 1.54) is 6.07 Å². The van der Waals surface area contributed by atoms with Crippen molar-refractivity contribution in [2.24, 2.45) is 5.84 Å². The lowest BCUT2D eigenvalue weighted by molar-refractivity contribution is -0.143. The van der Waals surface area contributed by atoms with Gasteiger partial charge in [-0.3, -0.25) is 9.59 Å². The number of nitrogens with one attached hydrogen (secondary N) is 1. The van der Waals surface area contributed by atoms with Gasteiger partial charge < -0.3 is 11.2 Å². The smallest absolute Gasteiger partial charge is 0.374 e. The minimum atomic E-state index is -5.00. The molecule has 0 unspecified atom stereocenters. The van der Waals surface area contributed by atoms with Crippen molar-refractivity contribution in [1.29, 1.82) is 0 Å². The first-order valence-electron chi connectivity index (χ1n) is 6.89. The number of halogens is 4. The number of carbonyl (C=O) groups is 1. The average molecular weight is 391 g/mol. The normalized spacial score (nSPS) is 14.2. The van der Waals surface area contributed by atoms with Crippen molar-refractivity contribution in [2.75, 3.05) is 22.7 Å². The van der Waals surface area contributed by atoms with Crippen LogP contribution in [-0.2, 0) is 11.0 Å². The van der Waals surface area contributed by atoms with E-state index in [1.54, 1.807) is 0 Å². The van der Waals surface area contributed by atoms with Gasteiger partial charge in [0.2, 0.25) is 0 Å². The molecule has 0 saturated heterocycles. The largest absolute Gasteiger partial charge is 0.433 e. The molecule has 138 valence electrons. The maximum Gasteiger partial charge on any atom is 0.433 e. The van der Waals surface area contributed by atoms with E-state index in [4.69, 9.17) is 23.3 Å². The van der Waals surface area contributed by atoms with E-state index in [9.17, 15) is 27.6 Å². The topological polar surface area (TPSA) is 128 Å². The number of amides is 1. The highest BCUT2D eigenvalue weighted by Gasteiger charge is 2.36. The van der Waals surface area contributed by atoms with E-state index in [0.717, 1.165) is 11.1 Å². The van der Waals surface area contributed by atoms with E-state index in [-0.39, 0.29) is 33.7 Å². The number of rotatable bonds is 1. The first-order valence-corrected chi connectivity index (χ1v) is 7.27. The highest BCUT2D eigenvalue weighted by Crippen LogP contribution is 2.34. The fraction of sp³-hybridized carbons (Fsp3) is 0.154. The zero-order valence-electron chi connectivity index (χ0n) is 12.7. The minimum Gasteiger partial charge on any atom is -0.374 e. The molecule has 0 aliphatic carbocycles. The van der Waals surface area contributed by atoms with Gasteiger partial charge in [-0.2, -0.15) is 13.2 Å². The molecule has 1 aromatic carbocycles. The molecular weight excluding hydrogens is 381 g/mol. The molecule has 26 heavy (non-hydrogen) atoms. The Morgan fingerprint density at radius 3 is 2.35 bits per heavy atom. The summed E-state index contributed by atoms with van der Waals surface area (Å²) in [5.41, 5.74) is -4.24.